The van der Waals surface area contributed by atoms with Gasteiger partial charge in [-0.1, -0.05) is 12.1 Å². The average molecular weight is 233 g/mol. The third kappa shape index (κ3) is 1.36. The molecule has 0 saturated carbocycles. The molecule has 0 fully saturated rings. The largest absolute Gasteiger partial charge is 0.492 e. The smallest absolute Gasteiger partial charge is 0.168 e. The van der Waals surface area contributed by atoms with Crippen molar-refractivity contribution < 1.29 is 4.74 Å². The fourth-order valence-electron chi connectivity index (χ4n) is 1.93. The molecule has 82 valence electrons. The third-order valence-electron chi connectivity index (χ3n) is 2.69. The first-order valence-corrected chi connectivity index (χ1v) is 5.88. The number of rotatable bonds is 2. The van der Waals surface area contributed by atoms with Gasteiger partial charge in [-0.05, 0) is 11.6 Å². The molecule has 0 aliphatic carbocycles. The van der Waals surface area contributed by atoms with Crippen molar-refractivity contribution in [1.29, 1.82) is 0 Å². The number of nitrogens with one attached hydrogen (secondary N) is 1. The molecule has 0 bridgehead atoms. The van der Waals surface area contributed by atoms with Crippen LogP contribution in [0.1, 0.15) is 5.56 Å². The van der Waals surface area contributed by atoms with Gasteiger partial charge >= 0.3 is 0 Å². The van der Waals surface area contributed by atoms with Crippen LogP contribution < -0.4 is 10.1 Å². The number of benzene rings is 1. The number of para-hydroxylation sites is 1. The summed E-state index contributed by atoms with van der Waals surface area (Å²) in [6, 6.07) is 6.17. The summed E-state index contributed by atoms with van der Waals surface area (Å²) < 4.78 is 14.2. The highest BCUT2D eigenvalue weighted by Gasteiger charge is 2.20. The molecule has 16 heavy (non-hydrogen) atoms. The maximum Gasteiger partial charge on any atom is 0.168 e. The van der Waals surface area contributed by atoms with Crippen molar-refractivity contribution >= 4 is 17.5 Å². The molecule has 3 rings (SSSR count). The lowest BCUT2D eigenvalue weighted by atomic mass is 10.1. The molecule has 0 atom stereocenters. The van der Waals surface area contributed by atoms with Gasteiger partial charge in [0.1, 0.15) is 11.4 Å². The summed E-state index contributed by atoms with van der Waals surface area (Å²) in [5, 5.41) is 3.05. The van der Waals surface area contributed by atoms with Crippen LogP contribution in [-0.4, -0.2) is 22.4 Å². The number of fused-ring (bicyclic) bond motifs is 1. The van der Waals surface area contributed by atoms with Gasteiger partial charge in [0.2, 0.25) is 0 Å². The maximum atomic E-state index is 5.66. The highest BCUT2D eigenvalue weighted by molar-refractivity contribution is 6.99. The lowest BCUT2D eigenvalue weighted by Gasteiger charge is -2.06. The molecule has 0 saturated heterocycles. The van der Waals surface area contributed by atoms with Crippen molar-refractivity contribution in [3.63, 3.8) is 0 Å². The summed E-state index contributed by atoms with van der Waals surface area (Å²) in [5.41, 5.74) is 3.17. The fourth-order valence-corrected chi connectivity index (χ4v) is 2.50. The van der Waals surface area contributed by atoms with E-state index >= 15 is 0 Å². The number of anilines is 1. The van der Waals surface area contributed by atoms with Gasteiger partial charge in [-0.25, -0.2) is 0 Å². The number of aromatic nitrogens is 2. The van der Waals surface area contributed by atoms with E-state index in [0.717, 1.165) is 35.9 Å². The molecule has 1 aliphatic heterocycles. The molecule has 0 unspecified atom stereocenters. The Morgan fingerprint density at radius 1 is 1.38 bits per heavy atom. The Balaban J connectivity index is 2.17. The minimum atomic E-state index is 0.763. The van der Waals surface area contributed by atoms with Gasteiger partial charge in [0.05, 0.1) is 18.3 Å². The molecule has 1 aliphatic rings. The molecule has 1 N–H and O–H groups in total. The number of hydrogen-bond donors (Lipinski definition) is 1. The first-order chi connectivity index (χ1) is 7.90. The van der Waals surface area contributed by atoms with Crippen molar-refractivity contribution in [2.45, 2.75) is 6.42 Å². The Morgan fingerprint density at radius 2 is 2.31 bits per heavy atom. The van der Waals surface area contributed by atoms with Crippen molar-refractivity contribution in [2.24, 2.45) is 0 Å². The minimum Gasteiger partial charge on any atom is -0.492 e. The van der Waals surface area contributed by atoms with Crippen LogP contribution in [0.4, 0.5) is 5.82 Å². The Labute approximate surface area is 97.6 Å². The van der Waals surface area contributed by atoms with Gasteiger partial charge < -0.3 is 10.1 Å². The van der Waals surface area contributed by atoms with E-state index in [2.05, 4.69) is 20.1 Å². The fraction of sp³-hybridized carbons (Fsp3) is 0.273. The maximum absolute atomic E-state index is 5.66. The SMILES string of the molecule is CNc1nsnc1-c1cccc2c1OCC2. The number of nitrogens with zero attached hydrogens (tertiary/aromatic N) is 2. The van der Waals surface area contributed by atoms with Crippen LogP contribution in [0.3, 0.4) is 0 Å². The van der Waals surface area contributed by atoms with Gasteiger partial charge in [0.25, 0.3) is 0 Å². The van der Waals surface area contributed by atoms with Gasteiger partial charge in [0.15, 0.2) is 5.82 Å². The molecule has 1 aromatic carbocycles. The van der Waals surface area contributed by atoms with Crippen LogP contribution in [-0.2, 0) is 6.42 Å². The molecule has 1 aromatic heterocycles. The monoisotopic (exact) mass is 233 g/mol. The first-order valence-electron chi connectivity index (χ1n) is 5.15. The zero-order chi connectivity index (χ0) is 11.0. The van der Waals surface area contributed by atoms with Crippen LogP contribution in [0.2, 0.25) is 0 Å². The first kappa shape index (κ1) is 9.59. The second-order valence-electron chi connectivity index (χ2n) is 3.60. The van der Waals surface area contributed by atoms with E-state index in [0.29, 0.717) is 0 Å². The summed E-state index contributed by atoms with van der Waals surface area (Å²) in [5.74, 6) is 1.78. The van der Waals surface area contributed by atoms with Crippen LogP contribution >= 0.6 is 11.7 Å². The van der Waals surface area contributed by atoms with E-state index in [1.54, 1.807) is 0 Å². The van der Waals surface area contributed by atoms with Crippen LogP contribution in [0.5, 0.6) is 5.75 Å². The van der Waals surface area contributed by atoms with Crippen LogP contribution in [0.15, 0.2) is 18.2 Å². The van der Waals surface area contributed by atoms with Gasteiger partial charge in [0, 0.05) is 19.0 Å². The van der Waals surface area contributed by atoms with Crippen LogP contribution in [0, 0.1) is 0 Å². The normalized spacial score (nSPS) is 13.3. The van der Waals surface area contributed by atoms with Crippen molar-refractivity contribution in [1.82, 2.24) is 8.75 Å². The molecular weight excluding hydrogens is 222 g/mol. The van der Waals surface area contributed by atoms with Crippen LogP contribution in [0.25, 0.3) is 11.3 Å². The Morgan fingerprint density at radius 3 is 3.19 bits per heavy atom. The van der Waals surface area contributed by atoms with Gasteiger partial charge in [-0.3, -0.25) is 0 Å². The zero-order valence-electron chi connectivity index (χ0n) is 8.86. The van der Waals surface area contributed by atoms with E-state index in [1.807, 2.05) is 19.2 Å². The van der Waals surface area contributed by atoms with E-state index < -0.39 is 0 Å². The number of hydrogen-bond acceptors (Lipinski definition) is 5. The highest BCUT2D eigenvalue weighted by atomic mass is 32.1. The second kappa shape index (κ2) is 3.75. The molecular formula is C11H11N3OS. The van der Waals surface area contributed by atoms with E-state index in [-0.39, 0.29) is 0 Å². The standard InChI is InChI=1S/C11H11N3OS/c1-12-11-9(13-16-14-11)8-4-2-3-7-5-6-15-10(7)8/h2-4H,5-6H2,1H3,(H,12,14). The van der Waals surface area contributed by atoms with Gasteiger partial charge in [-0.15, -0.1) is 0 Å². The van der Waals surface area contributed by atoms with E-state index in [4.69, 9.17) is 4.74 Å². The Hall–Kier alpha value is -1.62. The second-order valence-corrected chi connectivity index (χ2v) is 4.13. The molecule has 4 nitrogen and oxygen atoms in total. The molecule has 0 radical (unpaired) electrons. The minimum absolute atomic E-state index is 0.763. The predicted molar refractivity (Wildman–Crippen MR) is 64.1 cm³/mol. The molecule has 0 spiro atoms. The third-order valence-corrected chi connectivity index (χ3v) is 3.22. The Bertz CT molecular complexity index is 524. The van der Waals surface area contributed by atoms with Crippen molar-refractivity contribution in [2.75, 3.05) is 19.0 Å². The molecule has 2 aromatic rings. The van der Waals surface area contributed by atoms with E-state index in [9.17, 15) is 0 Å². The lowest BCUT2D eigenvalue weighted by Crippen LogP contribution is -1.93. The summed E-state index contributed by atoms with van der Waals surface area (Å²) in [7, 11) is 1.85. The summed E-state index contributed by atoms with van der Waals surface area (Å²) in [6.07, 6.45) is 0.982. The van der Waals surface area contributed by atoms with Crippen molar-refractivity contribution in [3.05, 3.63) is 23.8 Å². The average Bonchev–Trinajstić information content (AvgIpc) is 2.96. The summed E-state index contributed by atoms with van der Waals surface area (Å²) >= 11 is 1.21. The lowest BCUT2D eigenvalue weighted by molar-refractivity contribution is 0.358. The molecule has 0 amide bonds. The van der Waals surface area contributed by atoms with Gasteiger partial charge in [-0.2, -0.15) is 8.75 Å². The van der Waals surface area contributed by atoms with E-state index in [1.165, 1.54) is 17.3 Å². The number of ether oxygens (including phenoxy) is 1. The molecule has 2 heterocycles. The van der Waals surface area contributed by atoms with Crippen molar-refractivity contribution in [3.8, 4) is 17.0 Å². The quantitative estimate of drug-likeness (QED) is 0.863. The predicted octanol–water partition coefficient (Wildman–Crippen LogP) is 2.18. The summed E-state index contributed by atoms with van der Waals surface area (Å²) in [6.45, 7) is 0.763. The zero-order valence-corrected chi connectivity index (χ0v) is 9.67. The highest BCUT2D eigenvalue weighted by Crippen LogP contribution is 2.38. The molecule has 5 heteroatoms. The Kier molecular flexibility index (Phi) is 2.25. The topological polar surface area (TPSA) is 47.0 Å². The summed E-state index contributed by atoms with van der Waals surface area (Å²) in [4.78, 5) is 0.